The molecule has 0 spiro atoms. The molecule has 0 aliphatic heterocycles. The average Bonchev–Trinajstić information content (AvgIpc) is 2.44. The third-order valence-corrected chi connectivity index (χ3v) is 4.44. The van der Waals surface area contributed by atoms with Crippen LogP contribution in [-0.2, 0) is 4.79 Å². The standard InChI is InChI=1S/C16H20BrNO3/c1-10-7-12(9-13(17)8-10)15(19)18-14(16(20)21)11-5-3-2-4-6-11/h7-9,11,14H,2-6H2,1H3,(H,18,19)(H,20,21). The molecule has 5 heteroatoms. The van der Waals surface area contributed by atoms with Crippen LogP contribution in [-0.4, -0.2) is 23.0 Å². The Labute approximate surface area is 133 Å². The van der Waals surface area contributed by atoms with E-state index in [2.05, 4.69) is 21.2 Å². The summed E-state index contributed by atoms with van der Waals surface area (Å²) in [4.78, 5) is 23.8. The lowest BCUT2D eigenvalue weighted by Crippen LogP contribution is -2.46. The van der Waals surface area contributed by atoms with E-state index in [1.165, 1.54) is 0 Å². The van der Waals surface area contributed by atoms with Crippen molar-refractivity contribution in [3.63, 3.8) is 0 Å². The third-order valence-electron chi connectivity index (χ3n) is 3.98. The number of carbonyl (C=O) groups is 2. The third kappa shape index (κ3) is 4.30. The molecule has 1 aliphatic rings. The van der Waals surface area contributed by atoms with Gasteiger partial charge in [-0.2, -0.15) is 0 Å². The predicted octanol–water partition coefficient (Wildman–Crippen LogP) is 3.52. The van der Waals surface area contributed by atoms with Crippen LogP contribution in [0.25, 0.3) is 0 Å². The number of benzene rings is 1. The molecular weight excluding hydrogens is 334 g/mol. The van der Waals surface area contributed by atoms with Gasteiger partial charge >= 0.3 is 5.97 Å². The number of carboxylic acid groups (broad SMARTS) is 1. The molecule has 114 valence electrons. The summed E-state index contributed by atoms with van der Waals surface area (Å²) in [6, 6.07) is 4.59. The number of carboxylic acids is 1. The molecule has 4 nitrogen and oxygen atoms in total. The minimum absolute atomic E-state index is 0.0356. The average molecular weight is 354 g/mol. The minimum atomic E-state index is -0.943. The van der Waals surface area contributed by atoms with E-state index in [1.807, 2.05) is 13.0 Å². The van der Waals surface area contributed by atoms with Crippen molar-refractivity contribution in [1.29, 1.82) is 0 Å². The normalized spacial score (nSPS) is 17.2. The van der Waals surface area contributed by atoms with Crippen molar-refractivity contribution in [3.8, 4) is 0 Å². The van der Waals surface area contributed by atoms with E-state index in [1.54, 1.807) is 12.1 Å². The Balaban J connectivity index is 2.12. The largest absolute Gasteiger partial charge is 0.480 e. The van der Waals surface area contributed by atoms with E-state index in [0.717, 1.165) is 42.1 Å². The van der Waals surface area contributed by atoms with Crippen LogP contribution in [0, 0.1) is 12.8 Å². The Morgan fingerprint density at radius 1 is 1.24 bits per heavy atom. The van der Waals surface area contributed by atoms with Crippen molar-refractivity contribution < 1.29 is 14.7 Å². The maximum atomic E-state index is 12.3. The van der Waals surface area contributed by atoms with E-state index in [9.17, 15) is 14.7 Å². The Morgan fingerprint density at radius 2 is 1.90 bits per heavy atom. The van der Waals surface area contributed by atoms with Gasteiger partial charge in [0.2, 0.25) is 0 Å². The van der Waals surface area contributed by atoms with E-state index >= 15 is 0 Å². The molecule has 0 radical (unpaired) electrons. The molecule has 0 saturated heterocycles. The molecule has 0 aromatic heterocycles. The number of aliphatic carboxylic acids is 1. The second-order valence-electron chi connectivity index (χ2n) is 5.70. The van der Waals surface area contributed by atoms with Gasteiger partial charge in [0.25, 0.3) is 5.91 Å². The molecule has 1 amide bonds. The van der Waals surface area contributed by atoms with Crippen LogP contribution < -0.4 is 5.32 Å². The van der Waals surface area contributed by atoms with Crippen LogP contribution in [0.5, 0.6) is 0 Å². The number of hydrogen-bond acceptors (Lipinski definition) is 2. The van der Waals surface area contributed by atoms with Crippen LogP contribution >= 0.6 is 15.9 Å². The van der Waals surface area contributed by atoms with Gasteiger partial charge in [-0.1, -0.05) is 35.2 Å². The lowest BCUT2D eigenvalue weighted by Gasteiger charge is -2.28. The van der Waals surface area contributed by atoms with Crippen molar-refractivity contribution in [3.05, 3.63) is 33.8 Å². The quantitative estimate of drug-likeness (QED) is 0.870. The molecule has 21 heavy (non-hydrogen) atoms. The van der Waals surface area contributed by atoms with E-state index in [4.69, 9.17) is 0 Å². The second-order valence-corrected chi connectivity index (χ2v) is 6.62. The van der Waals surface area contributed by atoms with E-state index in [-0.39, 0.29) is 11.8 Å². The summed E-state index contributed by atoms with van der Waals surface area (Å²) in [5.74, 6) is -1.23. The van der Waals surface area contributed by atoms with Gasteiger partial charge in [0, 0.05) is 10.0 Å². The first-order chi connectivity index (χ1) is 9.97. The highest BCUT2D eigenvalue weighted by Crippen LogP contribution is 2.27. The Hall–Kier alpha value is -1.36. The van der Waals surface area contributed by atoms with Gasteiger partial charge in [-0.3, -0.25) is 4.79 Å². The van der Waals surface area contributed by atoms with Crippen LogP contribution in [0.2, 0.25) is 0 Å². The minimum Gasteiger partial charge on any atom is -0.480 e. The van der Waals surface area contributed by atoms with Gasteiger partial charge in [0.1, 0.15) is 6.04 Å². The zero-order chi connectivity index (χ0) is 15.4. The molecule has 1 aliphatic carbocycles. The van der Waals surface area contributed by atoms with Crippen molar-refractivity contribution >= 4 is 27.8 Å². The first-order valence-corrected chi connectivity index (χ1v) is 8.07. The van der Waals surface area contributed by atoms with Gasteiger partial charge in [-0.25, -0.2) is 4.79 Å². The summed E-state index contributed by atoms with van der Waals surface area (Å²) in [5.41, 5.74) is 1.45. The fourth-order valence-corrected chi connectivity index (χ4v) is 3.55. The number of aryl methyl sites for hydroxylation is 1. The fraction of sp³-hybridized carbons (Fsp3) is 0.500. The van der Waals surface area contributed by atoms with Crippen molar-refractivity contribution in [2.75, 3.05) is 0 Å². The van der Waals surface area contributed by atoms with Crippen LogP contribution in [0.1, 0.15) is 48.0 Å². The topological polar surface area (TPSA) is 66.4 Å². The number of rotatable bonds is 4. The van der Waals surface area contributed by atoms with E-state index < -0.39 is 12.0 Å². The highest BCUT2D eigenvalue weighted by atomic mass is 79.9. The lowest BCUT2D eigenvalue weighted by molar-refractivity contribution is -0.141. The number of carbonyl (C=O) groups excluding carboxylic acids is 1. The zero-order valence-corrected chi connectivity index (χ0v) is 13.6. The van der Waals surface area contributed by atoms with Crippen molar-refractivity contribution in [2.24, 2.45) is 5.92 Å². The fourth-order valence-electron chi connectivity index (χ4n) is 2.94. The molecule has 1 saturated carbocycles. The molecule has 1 unspecified atom stereocenters. The maximum Gasteiger partial charge on any atom is 0.326 e. The highest BCUT2D eigenvalue weighted by molar-refractivity contribution is 9.10. The summed E-state index contributed by atoms with van der Waals surface area (Å²) in [7, 11) is 0. The summed E-state index contributed by atoms with van der Waals surface area (Å²) in [6.45, 7) is 1.90. The number of hydrogen-bond donors (Lipinski definition) is 2. The molecule has 2 N–H and O–H groups in total. The second kappa shape index (κ2) is 7.07. The molecular formula is C16H20BrNO3. The zero-order valence-electron chi connectivity index (χ0n) is 12.1. The monoisotopic (exact) mass is 353 g/mol. The summed E-state index contributed by atoms with van der Waals surface area (Å²) < 4.78 is 0.817. The van der Waals surface area contributed by atoms with Gasteiger partial charge in [-0.05, 0) is 49.4 Å². The lowest BCUT2D eigenvalue weighted by atomic mass is 9.84. The number of nitrogens with one attached hydrogen (secondary N) is 1. The Morgan fingerprint density at radius 3 is 2.48 bits per heavy atom. The smallest absolute Gasteiger partial charge is 0.326 e. The SMILES string of the molecule is Cc1cc(Br)cc(C(=O)NC(C(=O)O)C2CCCCC2)c1. The van der Waals surface area contributed by atoms with Crippen molar-refractivity contribution in [2.45, 2.75) is 45.1 Å². The number of halogens is 1. The Bertz CT molecular complexity index is 518. The van der Waals surface area contributed by atoms with Crippen molar-refractivity contribution in [1.82, 2.24) is 5.32 Å². The Kier molecular flexibility index (Phi) is 5.39. The molecule has 1 fully saturated rings. The molecule has 0 heterocycles. The van der Waals surface area contributed by atoms with E-state index in [0.29, 0.717) is 5.56 Å². The van der Waals surface area contributed by atoms with Crippen LogP contribution in [0.3, 0.4) is 0 Å². The summed E-state index contributed by atoms with van der Waals surface area (Å²) in [6.07, 6.45) is 4.98. The number of amides is 1. The summed E-state index contributed by atoms with van der Waals surface area (Å²) in [5, 5.41) is 12.1. The van der Waals surface area contributed by atoms with Gasteiger partial charge in [0.05, 0.1) is 0 Å². The molecule has 0 bridgehead atoms. The van der Waals surface area contributed by atoms with Gasteiger partial charge in [0.15, 0.2) is 0 Å². The van der Waals surface area contributed by atoms with Crippen LogP contribution in [0.4, 0.5) is 0 Å². The molecule has 2 rings (SSSR count). The van der Waals surface area contributed by atoms with Gasteiger partial charge in [-0.15, -0.1) is 0 Å². The first-order valence-electron chi connectivity index (χ1n) is 7.28. The summed E-state index contributed by atoms with van der Waals surface area (Å²) >= 11 is 3.36. The maximum absolute atomic E-state index is 12.3. The highest BCUT2D eigenvalue weighted by Gasteiger charge is 2.30. The predicted molar refractivity (Wildman–Crippen MR) is 84.3 cm³/mol. The molecule has 1 aromatic rings. The van der Waals surface area contributed by atoms with Crippen LogP contribution in [0.15, 0.2) is 22.7 Å². The molecule has 1 aromatic carbocycles. The molecule has 1 atom stereocenters. The first kappa shape index (κ1) is 16.0. The van der Waals surface area contributed by atoms with Gasteiger partial charge < -0.3 is 10.4 Å².